The zero-order chi connectivity index (χ0) is 9.84. The topological polar surface area (TPSA) is 0 Å². The van der Waals surface area contributed by atoms with Crippen LogP contribution in [0.15, 0.2) is 0 Å². The van der Waals surface area contributed by atoms with E-state index < -0.39 is 0 Å². The Morgan fingerprint density at radius 2 is 1.92 bits per heavy atom. The molecule has 13 heavy (non-hydrogen) atoms. The van der Waals surface area contributed by atoms with E-state index in [1.807, 2.05) is 0 Å². The van der Waals surface area contributed by atoms with Gasteiger partial charge in [0, 0.05) is 0 Å². The van der Waals surface area contributed by atoms with Crippen LogP contribution in [0.1, 0.15) is 59.8 Å². The third-order valence-corrected chi connectivity index (χ3v) is 3.94. The van der Waals surface area contributed by atoms with E-state index in [-0.39, 0.29) is 0 Å². The Morgan fingerprint density at radius 3 is 2.38 bits per heavy atom. The molecule has 0 spiro atoms. The summed E-state index contributed by atoms with van der Waals surface area (Å²) in [4.78, 5) is 0. The van der Waals surface area contributed by atoms with Crippen molar-refractivity contribution in [1.29, 1.82) is 0 Å². The molecule has 0 amide bonds. The first-order valence-electron chi connectivity index (χ1n) is 6.20. The Bertz CT molecular complexity index is 128. The molecule has 1 saturated carbocycles. The summed E-state index contributed by atoms with van der Waals surface area (Å²) in [5.74, 6) is 4.12. The van der Waals surface area contributed by atoms with E-state index in [0.717, 1.165) is 23.7 Å². The molecule has 0 nitrogen and oxygen atoms in total. The number of hydrogen-bond acceptors (Lipinski definition) is 0. The van der Waals surface area contributed by atoms with Gasteiger partial charge in [-0.25, -0.2) is 0 Å². The number of rotatable bonds is 5. The lowest BCUT2D eigenvalue weighted by Crippen LogP contribution is -2.39. The van der Waals surface area contributed by atoms with E-state index >= 15 is 0 Å². The van der Waals surface area contributed by atoms with Gasteiger partial charge in [-0.1, -0.05) is 53.4 Å². The lowest BCUT2D eigenvalue weighted by molar-refractivity contribution is 0.0264. The Kier molecular flexibility index (Phi) is 4.28. The molecule has 0 N–H and O–H groups in total. The molecule has 0 aromatic rings. The SMILES string of the molecule is CCCC(C)C1C(C)CC1CCC. The molecule has 0 aromatic heterocycles. The van der Waals surface area contributed by atoms with E-state index in [9.17, 15) is 0 Å². The molecule has 0 radical (unpaired) electrons. The summed E-state index contributed by atoms with van der Waals surface area (Å²) in [5, 5.41) is 0. The van der Waals surface area contributed by atoms with Gasteiger partial charge in [0.15, 0.2) is 0 Å². The van der Waals surface area contributed by atoms with Crippen LogP contribution in [0.2, 0.25) is 0 Å². The molecule has 1 aliphatic rings. The fourth-order valence-corrected chi connectivity index (χ4v) is 3.41. The predicted octanol–water partition coefficient (Wildman–Crippen LogP) is 4.49. The minimum atomic E-state index is 0.977. The van der Waals surface area contributed by atoms with Gasteiger partial charge in [0.1, 0.15) is 0 Å². The van der Waals surface area contributed by atoms with Gasteiger partial charge in [-0.3, -0.25) is 0 Å². The standard InChI is InChI=1S/C13H26/c1-5-7-10(3)13-11(4)9-12(13)8-6-2/h10-13H,5-9H2,1-4H3. The summed E-state index contributed by atoms with van der Waals surface area (Å²) >= 11 is 0. The van der Waals surface area contributed by atoms with Gasteiger partial charge in [0.05, 0.1) is 0 Å². The Hall–Kier alpha value is 0. The zero-order valence-corrected chi connectivity index (χ0v) is 9.84. The second-order valence-electron chi connectivity index (χ2n) is 5.11. The average molecular weight is 182 g/mol. The van der Waals surface area contributed by atoms with Crippen LogP contribution in [0.3, 0.4) is 0 Å². The first kappa shape index (κ1) is 11.1. The monoisotopic (exact) mass is 182 g/mol. The quantitative estimate of drug-likeness (QED) is 0.587. The smallest absolute Gasteiger partial charge is 0.0334 e. The van der Waals surface area contributed by atoms with Gasteiger partial charge in [-0.2, -0.15) is 0 Å². The summed E-state index contributed by atoms with van der Waals surface area (Å²) in [6, 6.07) is 0. The molecule has 0 aliphatic heterocycles. The van der Waals surface area contributed by atoms with Gasteiger partial charge >= 0.3 is 0 Å². The van der Waals surface area contributed by atoms with E-state index in [2.05, 4.69) is 27.7 Å². The highest BCUT2D eigenvalue weighted by Gasteiger charge is 2.39. The normalized spacial score (nSPS) is 35.5. The zero-order valence-electron chi connectivity index (χ0n) is 9.84. The maximum atomic E-state index is 2.46. The van der Waals surface area contributed by atoms with Crippen LogP contribution in [0.4, 0.5) is 0 Å². The molecule has 4 unspecified atom stereocenters. The van der Waals surface area contributed by atoms with Crippen molar-refractivity contribution < 1.29 is 0 Å². The lowest BCUT2D eigenvalue weighted by Gasteiger charge is -2.47. The fraction of sp³-hybridized carbons (Fsp3) is 1.00. The second-order valence-corrected chi connectivity index (χ2v) is 5.11. The maximum absolute atomic E-state index is 2.46. The molecule has 0 bridgehead atoms. The molecule has 1 aliphatic carbocycles. The molecule has 1 fully saturated rings. The van der Waals surface area contributed by atoms with Crippen molar-refractivity contribution in [1.82, 2.24) is 0 Å². The fourth-order valence-electron chi connectivity index (χ4n) is 3.41. The highest BCUT2D eigenvalue weighted by Crippen LogP contribution is 2.48. The highest BCUT2D eigenvalue weighted by atomic mass is 14.4. The summed E-state index contributed by atoms with van der Waals surface area (Å²) in [6.07, 6.45) is 7.17. The Morgan fingerprint density at radius 1 is 1.23 bits per heavy atom. The van der Waals surface area contributed by atoms with Gasteiger partial charge in [-0.15, -0.1) is 0 Å². The predicted molar refractivity (Wildman–Crippen MR) is 59.7 cm³/mol. The van der Waals surface area contributed by atoms with Crippen LogP contribution in [0.5, 0.6) is 0 Å². The average Bonchev–Trinajstić information content (AvgIpc) is 2.03. The number of hydrogen-bond donors (Lipinski definition) is 0. The highest BCUT2D eigenvalue weighted by molar-refractivity contribution is 4.89. The second kappa shape index (κ2) is 5.02. The van der Waals surface area contributed by atoms with Crippen LogP contribution < -0.4 is 0 Å². The first-order valence-corrected chi connectivity index (χ1v) is 6.20. The van der Waals surface area contributed by atoms with Crippen molar-refractivity contribution in [2.45, 2.75) is 59.8 Å². The lowest BCUT2D eigenvalue weighted by atomic mass is 9.59. The third kappa shape index (κ3) is 2.48. The van der Waals surface area contributed by atoms with Crippen LogP contribution in [0.25, 0.3) is 0 Å². The van der Waals surface area contributed by atoms with Gasteiger partial charge in [-0.05, 0) is 30.1 Å². The van der Waals surface area contributed by atoms with Crippen molar-refractivity contribution in [3.63, 3.8) is 0 Å². The van der Waals surface area contributed by atoms with Crippen molar-refractivity contribution in [3.05, 3.63) is 0 Å². The van der Waals surface area contributed by atoms with Crippen molar-refractivity contribution in [2.24, 2.45) is 23.7 Å². The molecule has 78 valence electrons. The summed E-state index contributed by atoms with van der Waals surface area (Å²) in [7, 11) is 0. The third-order valence-electron chi connectivity index (χ3n) is 3.94. The van der Waals surface area contributed by atoms with Crippen molar-refractivity contribution in [2.75, 3.05) is 0 Å². The van der Waals surface area contributed by atoms with E-state index in [1.54, 1.807) is 0 Å². The van der Waals surface area contributed by atoms with Crippen LogP contribution in [-0.4, -0.2) is 0 Å². The summed E-state index contributed by atoms with van der Waals surface area (Å²) in [5.41, 5.74) is 0. The molecular weight excluding hydrogens is 156 g/mol. The molecule has 0 aromatic carbocycles. The Balaban J connectivity index is 2.36. The van der Waals surface area contributed by atoms with Gasteiger partial charge in [0.25, 0.3) is 0 Å². The van der Waals surface area contributed by atoms with Crippen LogP contribution in [0, 0.1) is 23.7 Å². The van der Waals surface area contributed by atoms with Crippen molar-refractivity contribution >= 4 is 0 Å². The van der Waals surface area contributed by atoms with E-state index in [0.29, 0.717) is 0 Å². The Labute approximate surface area is 84.1 Å². The molecule has 1 rings (SSSR count). The van der Waals surface area contributed by atoms with Crippen molar-refractivity contribution in [3.8, 4) is 0 Å². The minimum Gasteiger partial charge on any atom is -0.0654 e. The molecular formula is C13H26. The summed E-state index contributed by atoms with van der Waals surface area (Å²) < 4.78 is 0. The minimum absolute atomic E-state index is 0.977. The maximum Gasteiger partial charge on any atom is -0.0334 e. The molecule has 0 heterocycles. The van der Waals surface area contributed by atoms with E-state index in [1.165, 1.54) is 32.1 Å². The molecule has 4 atom stereocenters. The summed E-state index contributed by atoms with van der Waals surface area (Å²) in [6.45, 7) is 9.55. The van der Waals surface area contributed by atoms with Gasteiger partial charge in [0.2, 0.25) is 0 Å². The van der Waals surface area contributed by atoms with Crippen LogP contribution in [-0.2, 0) is 0 Å². The van der Waals surface area contributed by atoms with Gasteiger partial charge < -0.3 is 0 Å². The van der Waals surface area contributed by atoms with E-state index in [4.69, 9.17) is 0 Å². The van der Waals surface area contributed by atoms with Crippen LogP contribution >= 0.6 is 0 Å². The molecule has 0 heteroatoms. The molecule has 0 saturated heterocycles. The largest absolute Gasteiger partial charge is 0.0654 e. The first-order chi connectivity index (χ1) is 6.20.